The molecule has 0 aliphatic carbocycles. The topological polar surface area (TPSA) is 71.1 Å². The SMILES string of the molecule is COc1ccc(C(=O)N2CCN(c3ccc(NC(=O)C(C)(C)Oc4ccc(Br)cc4)cc3)CC2)cc1. The van der Waals surface area contributed by atoms with Crippen molar-refractivity contribution in [3.8, 4) is 11.5 Å². The molecule has 0 aromatic heterocycles. The van der Waals surface area contributed by atoms with Crippen molar-refractivity contribution >= 4 is 39.1 Å². The molecule has 0 spiro atoms. The van der Waals surface area contributed by atoms with E-state index >= 15 is 0 Å². The molecule has 0 atom stereocenters. The van der Waals surface area contributed by atoms with Gasteiger partial charge in [-0.3, -0.25) is 9.59 Å². The van der Waals surface area contributed by atoms with E-state index in [2.05, 4.69) is 26.1 Å². The molecule has 2 amide bonds. The molecule has 4 rings (SSSR count). The molecule has 0 unspecified atom stereocenters. The van der Waals surface area contributed by atoms with Crippen LogP contribution in [0.5, 0.6) is 11.5 Å². The molecule has 188 valence electrons. The summed E-state index contributed by atoms with van der Waals surface area (Å²) in [5, 5.41) is 2.94. The third-order valence-electron chi connectivity index (χ3n) is 6.13. The molecule has 3 aromatic rings. The maximum absolute atomic E-state index is 12.8. The first-order valence-electron chi connectivity index (χ1n) is 11.8. The van der Waals surface area contributed by atoms with Gasteiger partial charge < -0.3 is 24.6 Å². The van der Waals surface area contributed by atoms with Crippen LogP contribution in [0, 0.1) is 0 Å². The molecule has 1 fully saturated rings. The first-order valence-corrected chi connectivity index (χ1v) is 12.6. The number of carbonyl (C=O) groups is 2. The molecule has 7 nitrogen and oxygen atoms in total. The second kappa shape index (κ2) is 11.0. The van der Waals surface area contributed by atoms with Crippen LogP contribution in [-0.4, -0.2) is 55.6 Å². The molecular weight excluding hydrogens is 522 g/mol. The largest absolute Gasteiger partial charge is 0.497 e. The highest BCUT2D eigenvalue weighted by Gasteiger charge is 2.30. The van der Waals surface area contributed by atoms with Crippen LogP contribution in [0.25, 0.3) is 0 Å². The van der Waals surface area contributed by atoms with Crippen molar-refractivity contribution in [1.82, 2.24) is 4.90 Å². The fourth-order valence-corrected chi connectivity index (χ4v) is 4.23. The monoisotopic (exact) mass is 551 g/mol. The Morgan fingerprint density at radius 3 is 2.00 bits per heavy atom. The van der Waals surface area contributed by atoms with E-state index in [4.69, 9.17) is 9.47 Å². The van der Waals surface area contributed by atoms with Gasteiger partial charge in [-0.1, -0.05) is 15.9 Å². The summed E-state index contributed by atoms with van der Waals surface area (Å²) < 4.78 is 12.0. The van der Waals surface area contributed by atoms with Crippen molar-refractivity contribution in [3.05, 3.63) is 82.8 Å². The fraction of sp³-hybridized carbons (Fsp3) is 0.286. The maximum Gasteiger partial charge on any atom is 0.267 e. The molecule has 1 N–H and O–H groups in total. The van der Waals surface area contributed by atoms with Crippen molar-refractivity contribution in [3.63, 3.8) is 0 Å². The van der Waals surface area contributed by atoms with Crippen molar-refractivity contribution in [1.29, 1.82) is 0 Å². The Balaban J connectivity index is 1.30. The molecule has 0 radical (unpaired) electrons. The van der Waals surface area contributed by atoms with Crippen molar-refractivity contribution in [2.24, 2.45) is 0 Å². The molecular formula is C28H30BrN3O4. The van der Waals surface area contributed by atoms with Gasteiger partial charge >= 0.3 is 0 Å². The molecule has 1 heterocycles. The van der Waals surface area contributed by atoms with Gasteiger partial charge in [0.25, 0.3) is 11.8 Å². The van der Waals surface area contributed by atoms with E-state index in [1.54, 1.807) is 45.2 Å². The summed E-state index contributed by atoms with van der Waals surface area (Å²) in [6.07, 6.45) is 0. The lowest BCUT2D eigenvalue weighted by atomic mass is 10.1. The van der Waals surface area contributed by atoms with Gasteiger partial charge in [0.05, 0.1) is 7.11 Å². The first kappa shape index (κ1) is 25.6. The standard InChI is InChI=1S/C28H30BrN3O4/c1-28(2,36-25-14-6-21(29)7-15-25)27(34)30-22-8-10-23(11-9-22)31-16-18-32(19-17-31)26(33)20-4-12-24(35-3)13-5-20/h4-15H,16-19H2,1-3H3,(H,30,34). The van der Waals surface area contributed by atoms with Crippen LogP contribution in [0.15, 0.2) is 77.3 Å². The smallest absolute Gasteiger partial charge is 0.267 e. The van der Waals surface area contributed by atoms with Crippen LogP contribution in [0.1, 0.15) is 24.2 Å². The molecule has 36 heavy (non-hydrogen) atoms. The van der Waals surface area contributed by atoms with Gasteiger partial charge in [0.15, 0.2) is 5.60 Å². The Morgan fingerprint density at radius 2 is 1.42 bits per heavy atom. The van der Waals surface area contributed by atoms with E-state index in [1.807, 2.05) is 53.4 Å². The number of methoxy groups -OCH3 is 1. The Kier molecular flexibility index (Phi) is 7.84. The van der Waals surface area contributed by atoms with Crippen molar-refractivity contribution in [2.75, 3.05) is 43.5 Å². The van der Waals surface area contributed by atoms with Crippen LogP contribution in [0.2, 0.25) is 0 Å². The summed E-state index contributed by atoms with van der Waals surface area (Å²) in [7, 11) is 1.61. The number of hydrogen-bond donors (Lipinski definition) is 1. The van der Waals surface area contributed by atoms with Gasteiger partial charge in [-0.05, 0) is 86.6 Å². The third-order valence-corrected chi connectivity index (χ3v) is 6.66. The number of amides is 2. The minimum atomic E-state index is -1.04. The summed E-state index contributed by atoms with van der Waals surface area (Å²) in [4.78, 5) is 29.8. The molecule has 1 saturated heterocycles. The number of rotatable bonds is 7. The second-order valence-corrected chi connectivity index (χ2v) is 9.99. The van der Waals surface area contributed by atoms with Crippen LogP contribution in [0.4, 0.5) is 11.4 Å². The number of nitrogens with zero attached hydrogens (tertiary/aromatic N) is 2. The van der Waals surface area contributed by atoms with Crippen molar-refractivity contribution < 1.29 is 19.1 Å². The highest BCUT2D eigenvalue weighted by Crippen LogP contribution is 2.24. The lowest BCUT2D eigenvalue weighted by Gasteiger charge is -2.36. The Hall–Kier alpha value is -3.52. The second-order valence-electron chi connectivity index (χ2n) is 9.08. The van der Waals surface area contributed by atoms with Crippen LogP contribution in [-0.2, 0) is 4.79 Å². The van der Waals surface area contributed by atoms with E-state index in [-0.39, 0.29) is 11.8 Å². The average molecular weight is 552 g/mol. The van der Waals surface area contributed by atoms with Crippen LogP contribution in [0.3, 0.4) is 0 Å². The van der Waals surface area contributed by atoms with E-state index in [0.717, 1.165) is 29.0 Å². The minimum absolute atomic E-state index is 0.0309. The Morgan fingerprint density at radius 1 is 0.833 bits per heavy atom. The Labute approximate surface area is 220 Å². The number of carbonyl (C=O) groups excluding carboxylic acids is 2. The highest BCUT2D eigenvalue weighted by atomic mass is 79.9. The number of ether oxygens (including phenoxy) is 2. The predicted octanol–water partition coefficient (Wildman–Crippen LogP) is 5.22. The maximum atomic E-state index is 12.8. The summed E-state index contributed by atoms with van der Waals surface area (Å²) in [5.74, 6) is 1.15. The third kappa shape index (κ3) is 6.18. The zero-order valence-corrected chi connectivity index (χ0v) is 22.2. The number of anilines is 2. The van der Waals surface area contributed by atoms with Crippen molar-refractivity contribution in [2.45, 2.75) is 19.4 Å². The van der Waals surface area contributed by atoms with E-state index < -0.39 is 5.60 Å². The lowest BCUT2D eigenvalue weighted by molar-refractivity contribution is -0.128. The van der Waals surface area contributed by atoms with Gasteiger partial charge in [0.1, 0.15) is 11.5 Å². The van der Waals surface area contributed by atoms with E-state index in [9.17, 15) is 9.59 Å². The van der Waals surface area contributed by atoms with E-state index in [1.165, 1.54) is 0 Å². The van der Waals surface area contributed by atoms with Gasteiger partial charge in [0.2, 0.25) is 0 Å². The predicted molar refractivity (Wildman–Crippen MR) is 145 cm³/mol. The molecule has 3 aromatic carbocycles. The molecule has 1 aliphatic rings. The first-order chi connectivity index (χ1) is 17.2. The van der Waals surface area contributed by atoms with Crippen LogP contribution < -0.4 is 19.7 Å². The number of halogens is 1. The normalized spacial score (nSPS) is 13.8. The fourth-order valence-electron chi connectivity index (χ4n) is 3.96. The number of nitrogens with one attached hydrogen (secondary N) is 1. The molecule has 0 bridgehead atoms. The number of benzene rings is 3. The van der Waals surface area contributed by atoms with Gasteiger partial charge in [-0.2, -0.15) is 0 Å². The minimum Gasteiger partial charge on any atom is -0.497 e. The van der Waals surface area contributed by atoms with E-state index in [0.29, 0.717) is 30.1 Å². The highest BCUT2D eigenvalue weighted by molar-refractivity contribution is 9.10. The number of hydrogen-bond acceptors (Lipinski definition) is 5. The summed E-state index contributed by atoms with van der Waals surface area (Å²) >= 11 is 3.40. The average Bonchev–Trinajstić information content (AvgIpc) is 2.90. The Bertz CT molecular complexity index is 1190. The molecule has 1 aliphatic heterocycles. The van der Waals surface area contributed by atoms with Crippen LogP contribution >= 0.6 is 15.9 Å². The summed E-state index contributed by atoms with van der Waals surface area (Å²) in [6, 6.07) is 22.3. The van der Waals surface area contributed by atoms with Gasteiger partial charge in [-0.15, -0.1) is 0 Å². The zero-order valence-electron chi connectivity index (χ0n) is 20.7. The quantitative estimate of drug-likeness (QED) is 0.436. The molecule has 0 saturated carbocycles. The van der Waals surface area contributed by atoms with Gasteiger partial charge in [0, 0.05) is 47.6 Å². The zero-order chi connectivity index (χ0) is 25.7. The number of piperazine rings is 1. The summed E-state index contributed by atoms with van der Waals surface area (Å²) in [5.41, 5.74) is 1.37. The summed E-state index contributed by atoms with van der Waals surface area (Å²) in [6.45, 7) is 6.25. The van der Waals surface area contributed by atoms with Gasteiger partial charge in [-0.25, -0.2) is 0 Å². The lowest BCUT2D eigenvalue weighted by Crippen LogP contribution is -2.48. The molecule has 8 heteroatoms.